The van der Waals surface area contributed by atoms with Crippen molar-refractivity contribution in [3.8, 4) is 11.1 Å². The normalized spacial score (nSPS) is 13.5. The van der Waals surface area contributed by atoms with Crippen LogP contribution in [0, 0.1) is 17.0 Å². The SMILES string of the molecule is CC(C)(C)[C@H](c1cc(-c2cc(F)ccc2F)cn1Cc1ccccc1)N(CCCNC(F)(F)C(=O)O)C(=O)CSC[C@H](NC(=O)CCOCCOCCOCCOCCNC(=O)CCN1C(=O)C=CC1=O)C(=O)O. The second-order valence-electron chi connectivity index (χ2n) is 17.8. The number of carboxylic acid groups (broad SMARTS) is 2. The molecule has 1 aliphatic rings. The summed E-state index contributed by atoms with van der Waals surface area (Å²) in [6, 6.07) is 7.36. The Bertz CT molecular complexity index is 2370. The van der Waals surface area contributed by atoms with Gasteiger partial charge in [0.05, 0.1) is 64.6 Å². The van der Waals surface area contributed by atoms with E-state index in [1.165, 1.54) is 4.90 Å². The molecular weight excluding hydrogens is 1000 g/mol. The number of hydrogen-bond acceptors (Lipinski definition) is 13. The van der Waals surface area contributed by atoms with E-state index in [0.29, 0.717) is 11.3 Å². The van der Waals surface area contributed by atoms with Crippen molar-refractivity contribution in [3.05, 3.63) is 95.8 Å². The molecule has 0 radical (unpaired) electrons. The van der Waals surface area contributed by atoms with Crippen molar-refractivity contribution in [1.82, 2.24) is 30.3 Å². The molecule has 2 heterocycles. The number of benzene rings is 2. The van der Waals surface area contributed by atoms with Crippen molar-refractivity contribution >= 4 is 53.2 Å². The summed E-state index contributed by atoms with van der Waals surface area (Å²) in [6.45, 7) is 6.82. The van der Waals surface area contributed by atoms with E-state index in [1.807, 2.05) is 51.1 Å². The van der Waals surface area contributed by atoms with E-state index >= 15 is 4.39 Å². The Kier molecular flexibility index (Phi) is 24.7. The fraction of sp³-hybridized carbons (Fsp3) is 0.500. The molecule has 5 amide bonds. The third kappa shape index (κ3) is 20.3. The molecule has 24 heteroatoms. The van der Waals surface area contributed by atoms with Gasteiger partial charge in [-0.05, 0) is 41.7 Å². The van der Waals surface area contributed by atoms with E-state index in [4.69, 9.17) is 24.1 Å². The monoisotopic (exact) mass is 1060 g/mol. The highest BCUT2D eigenvalue weighted by Crippen LogP contribution is 2.41. The molecule has 0 aliphatic carbocycles. The zero-order valence-corrected chi connectivity index (χ0v) is 42.3. The highest BCUT2D eigenvalue weighted by atomic mass is 32.2. The van der Waals surface area contributed by atoms with Crippen molar-refractivity contribution in [2.45, 2.75) is 64.7 Å². The van der Waals surface area contributed by atoms with Crippen LogP contribution in [0.4, 0.5) is 17.6 Å². The maximum atomic E-state index is 15.2. The summed E-state index contributed by atoms with van der Waals surface area (Å²) in [5, 5.41) is 25.6. The molecule has 0 saturated carbocycles. The van der Waals surface area contributed by atoms with E-state index in [1.54, 1.807) is 22.1 Å². The van der Waals surface area contributed by atoms with E-state index < -0.39 is 77.3 Å². The van der Waals surface area contributed by atoms with Gasteiger partial charge in [0.2, 0.25) is 17.7 Å². The number of carbonyl (C=O) groups is 7. The Morgan fingerprint density at radius 2 is 1.41 bits per heavy atom. The van der Waals surface area contributed by atoms with Gasteiger partial charge in [-0.25, -0.2) is 23.7 Å². The number of carboxylic acids is 2. The minimum absolute atomic E-state index is 0.00485. The lowest BCUT2D eigenvalue weighted by molar-refractivity contribution is -0.169. The van der Waals surface area contributed by atoms with E-state index in [2.05, 4.69) is 10.6 Å². The predicted molar refractivity (Wildman–Crippen MR) is 263 cm³/mol. The van der Waals surface area contributed by atoms with Crippen LogP contribution in [0.25, 0.3) is 11.1 Å². The second-order valence-corrected chi connectivity index (χ2v) is 18.9. The summed E-state index contributed by atoms with van der Waals surface area (Å²) >= 11 is 0.910. The molecule has 2 atom stereocenters. The molecule has 3 aromatic rings. The first-order chi connectivity index (χ1) is 35.2. The number of amides is 5. The van der Waals surface area contributed by atoms with Crippen molar-refractivity contribution in [2.24, 2.45) is 5.41 Å². The van der Waals surface area contributed by atoms with Gasteiger partial charge in [0.25, 0.3) is 11.8 Å². The van der Waals surface area contributed by atoms with Gasteiger partial charge in [0.15, 0.2) is 0 Å². The van der Waals surface area contributed by atoms with Crippen LogP contribution >= 0.6 is 11.8 Å². The number of thioether (sulfide) groups is 1. The third-order valence-corrected chi connectivity index (χ3v) is 12.1. The average Bonchev–Trinajstić information content (AvgIpc) is 3.90. The first kappa shape index (κ1) is 60.4. The van der Waals surface area contributed by atoms with E-state index in [-0.39, 0.29) is 121 Å². The van der Waals surface area contributed by atoms with Crippen molar-refractivity contribution < 1.29 is 80.3 Å². The van der Waals surface area contributed by atoms with Gasteiger partial charge in [0, 0.05) is 86.5 Å². The Morgan fingerprint density at radius 1 is 0.784 bits per heavy atom. The number of aromatic nitrogens is 1. The molecule has 0 fully saturated rings. The largest absolute Gasteiger partial charge is 0.480 e. The number of ether oxygens (including phenoxy) is 4. The highest BCUT2D eigenvalue weighted by Gasteiger charge is 2.40. The summed E-state index contributed by atoms with van der Waals surface area (Å²) < 4.78 is 81.3. The minimum atomic E-state index is -4.24. The van der Waals surface area contributed by atoms with Gasteiger partial charge in [-0.15, -0.1) is 11.8 Å². The highest BCUT2D eigenvalue weighted by molar-refractivity contribution is 8.00. The lowest BCUT2D eigenvalue weighted by Gasteiger charge is -2.41. The van der Waals surface area contributed by atoms with Crippen molar-refractivity contribution in [2.75, 3.05) is 90.5 Å². The third-order valence-electron chi connectivity index (χ3n) is 11.1. The van der Waals surface area contributed by atoms with E-state index in [0.717, 1.165) is 52.6 Å². The molecule has 1 aliphatic heterocycles. The predicted octanol–water partition coefficient (Wildman–Crippen LogP) is 4.24. The Morgan fingerprint density at radius 3 is 2.01 bits per heavy atom. The maximum absolute atomic E-state index is 15.2. The van der Waals surface area contributed by atoms with Gasteiger partial charge in [-0.3, -0.25) is 28.9 Å². The molecule has 19 nitrogen and oxygen atoms in total. The first-order valence-corrected chi connectivity index (χ1v) is 24.9. The number of carbonyl (C=O) groups excluding carboxylic acids is 5. The van der Waals surface area contributed by atoms with Crippen molar-refractivity contribution in [3.63, 3.8) is 0 Å². The van der Waals surface area contributed by atoms with Gasteiger partial charge in [-0.1, -0.05) is 51.1 Å². The van der Waals surface area contributed by atoms with Crippen molar-refractivity contribution in [1.29, 1.82) is 0 Å². The molecule has 0 unspecified atom stereocenters. The Labute approximate surface area is 430 Å². The number of aliphatic carboxylic acids is 2. The topological polar surface area (TPSA) is 244 Å². The van der Waals surface area contributed by atoms with Gasteiger partial charge < -0.3 is 49.3 Å². The van der Waals surface area contributed by atoms with Crippen LogP contribution in [0.2, 0.25) is 0 Å². The van der Waals surface area contributed by atoms with E-state index in [9.17, 15) is 51.8 Å². The quantitative estimate of drug-likeness (QED) is 0.0239. The summed E-state index contributed by atoms with van der Waals surface area (Å²) in [5.41, 5.74) is 0.780. The summed E-state index contributed by atoms with van der Waals surface area (Å²) in [7, 11) is 0. The second kappa shape index (κ2) is 30.3. The zero-order valence-electron chi connectivity index (χ0n) is 41.5. The Hall–Kier alpha value is -6.18. The lowest BCUT2D eigenvalue weighted by atomic mass is 9.83. The van der Waals surface area contributed by atoms with Crippen LogP contribution in [0.5, 0.6) is 0 Å². The van der Waals surface area contributed by atoms with Gasteiger partial charge in [0.1, 0.15) is 17.7 Å². The molecule has 0 bridgehead atoms. The van der Waals surface area contributed by atoms with Crippen LogP contribution in [-0.2, 0) is 59.1 Å². The smallest absolute Gasteiger partial charge is 0.399 e. The summed E-state index contributed by atoms with van der Waals surface area (Å²) in [5.74, 6) is -8.07. The zero-order chi connectivity index (χ0) is 54.3. The molecule has 0 saturated heterocycles. The number of alkyl halides is 2. The Balaban J connectivity index is 1.24. The van der Waals surface area contributed by atoms with Crippen LogP contribution in [0.15, 0.2) is 72.9 Å². The number of hydrogen-bond donors (Lipinski definition) is 5. The molecule has 1 aromatic heterocycles. The minimum Gasteiger partial charge on any atom is -0.480 e. The average molecular weight is 1070 g/mol. The number of imide groups is 1. The summed E-state index contributed by atoms with van der Waals surface area (Å²) in [6.07, 6.45) is 3.60. The maximum Gasteiger partial charge on any atom is 0.399 e. The number of rotatable bonds is 35. The lowest BCUT2D eigenvalue weighted by Crippen LogP contribution is -2.47. The number of halogens is 4. The van der Waals surface area contributed by atoms with Crippen LogP contribution < -0.4 is 16.0 Å². The standard InChI is InChI=1S/C50H64F4N6O13S/c1-49(2,3)46(40-28-35(37-29-36(51)10-11-38(37)52)31-58(40)30-34-8-5-4-6-9-34)60(18-7-16-56-50(53,54)48(68)69)45(65)33-74-32-39(47(66)67)57-42(62)15-20-70-22-24-72-26-27-73-25-23-71-21-17-55-41(61)14-19-59-43(63)12-13-44(59)64/h4-6,8-13,28-29,31,39,46,56H,7,14-27,30,32-33H2,1-3H3,(H,55,61)(H,57,62)(H,66,67)(H,68,69)/t39-,46-/m0/s1. The fourth-order valence-electron chi connectivity index (χ4n) is 7.51. The number of nitrogens with one attached hydrogen (secondary N) is 3. The molecule has 4 rings (SSSR count). The molecule has 74 heavy (non-hydrogen) atoms. The molecule has 2 aromatic carbocycles. The molecule has 5 N–H and O–H groups in total. The van der Waals surface area contributed by atoms with Crippen LogP contribution in [0.3, 0.4) is 0 Å². The van der Waals surface area contributed by atoms with Gasteiger partial charge in [-0.2, -0.15) is 8.78 Å². The van der Waals surface area contributed by atoms with Crippen LogP contribution in [-0.4, -0.2) is 169 Å². The first-order valence-electron chi connectivity index (χ1n) is 23.7. The fourth-order valence-corrected chi connectivity index (χ4v) is 8.43. The van der Waals surface area contributed by atoms with Gasteiger partial charge >= 0.3 is 18.0 Å². The molecule has 0 spiro atoms. The molecular formula is C50H64F4N6O13S. The summed E-state index contributed by atoms with van der Waals surface area (Å²) in [4.78, 5) is 87.9. The number of nitrogens with zero attached hydrogens (tertiary/aromatic N) is 3. The molecule has 406 valence electrons. The van der Waals surface area contributed by atoms with Crippen LogP contribution in [0.1, 0.15) is 57.3 Å².